The van der Waals surface area contributed by atoms with Gasteiger partial charge in [0, 0.05) is 56.4 Å². The molecule has 374 valence electrons. The predicted octanol–water partition coefficient (Wildman–Crippen LogP) is 4.88. The van der Waals surface area contributed by atoms with Gasteiger partial charge < -0.3 is 44.4 Å². The van der Waals surface area contributed by atoms with E-state index in [0.29, 0.717) is 131 Å². The van der Waals surface area contributed by atoms with E-state index in [1.165, 1.54) is 21.3 Å². The molecule has 0 heterocycles. The smallest absolute Gasteiger partial charge is 0.339 e. The highest BCUT2D eigenvalue weighted by Crippen LogP contribution is 2.45. The maximum Gasteiger partial charge on any atom is 0.339 e. The second-order valence-corrected chi connectivity index (χ2v) is 19.3. The van der Waals surface area contributed by atoms with Crippen LogP contribution in [0.2, 0.25) is 0 Å². The Labute approximate surface area is 412 Å². The summed E-state index contributed by atoms with van der Waals surface area (Å²) in [5.74, 6) is -1.88. The molecule has 0 atom stereocenters. The number of carbonyl (C=O) groups excluding carboxylic acids is 3. The van der Waals surface area contributed by atoms with Gasteiger partial charge in [0.25, 0.3) is 0 Å². The summed E-state index contributed by atoms with van der Waals surface area (Å²) in [5, 5.41) is 67.7. The third-order valence-corrected chi connectivity index (χ3v) is 11.9. The van der Waals surface area contributed by atoms with Crippen LogP contribution < -0.4 is 16.0 Å². The van der Waals surface area contributed by atoms with Crippen LogP contribution in [-0.4, -0.2) is 123 Å². The monoisotopic (exact) mass is 963 g/mol. The Hall–Kier alpha value is -6.97. The highest BCUT2D eigenvalue weighted by molar-refractivity contribution is 5.97. The molecule has 0 fully saturated rings. The first-order valence-corrected chi connectivity index (χ1v) is 23.0. The summed E-state index contributed by atoms with van der Waals surface area (Å²) >= 11 is 0. The maximum atomic E-state index is 12.9. The summed E-state index contributed by atoms with van der Waals surface area (Å²) in [6, 6.07) is 11.5. The molecule has 3 aliphatic carbocycles. The van der Waals surface area contributed by atoms with Crippen molar-refractivity contribution >= 4 is 17.9 Å². The van der Waals surface area contributed by atoms with Crippen LogP contribution in [0.15, 0.2) is 67.2 Å². The third-order valence-electron chi connectivity index (χ3n) is 11.9. The molecule has 0 aliphatic heterocycles. The van der Waals surface area contributed by atoms with E-state index in [9.17, 15) is 46.0 Å². The van der Waals surface area contributed by atoms with Gasteiger partial charge in [-0.15, -0.1) is 0 Å². The SMILES string of the molecule is COC(=O)C1=C(NCCOCCN(CCOCCNC2=C(C(=O)OC)C(=C(C#N)C#N)CC(C)(C)C2)CCOCCNC2=C(C(=O)OC)C(=C(C#N)C#N)CC(C)(C)C2)CC(C)(C)CC1=C(C#N)C#N. The Morgan fingerprint density at radius 1 is 0.443 bits per heavy atom. The lowest BCUT2D eigenvalue weighted by molar-refractivity contribution is -0.137. The molecule has 0 spiro atoms. The number of hydrogen-bond acceptors (Lipinski definition) is 19. The predicted molar refractivity (Wildman–Crippen MR) is 254 cm³/mol. The number of esters is 3. The van der Waals surface area contributed by atoms with Crippen molar-refractivity contribution in [3.8, 4) is 36.4 Å². The topological polar surface area (TPSA) is 289 Å². The van der Waals surface area contributed by atoms with Crippen LogP contribution in [0.3, 0.4) is 0 Å². The molecule has 3 aliphatic rings. The highest BCUT2D eigenvalue weighted by atomic mass is 16.5. The van der Waals surface area contributed by atoms with E-state index >= 15 is 0 Å². The summed E-state index contributed by atoms with van der Waals surface area (Å²) in [6.07, 6.45) is 2.58. The van der Waals surface area contributed by atoms with Gasteiger partial charge in [0.1, 0.15) is 53.1 Å². The van der Waals surface area contributed by atoms with Gasteiger partial charge in [-0.3, -0.25) is 4.90 Å². The van der Waals surface area contributed by atoms with E-state index in [4.69, 9.17) is 28.4 Å². The number of carbonyl (C=O) groups is 3. The Morgan fingerprint density at radius 3 is 0.900 bits per heavy atom. The molecule has 19 heteroatoms. The van der Waals surface area contributed by atoms with Gasteiger partial charge in [-0.2, -0.15) is 31.6 Å². The molecule has 0 radical (unpaired) electrons. The molecule has 0 aromatic heterocycles. The lowest BCUT2D eigenvalue weighted by atomic mass is 9.72. The minimum absolute atomic E-state index is 0.128. The molecule has 0 saturated heterocycles. The van der Waals surface area contributed by atoms with Crippen molar-refractivity contribution in [1.29, 1.82) is 31.6 Å². The van der Waals surface area contributed by atoms with Crippen molar-refractivity contribution < 1.29 is 42.8 Å². The molecular weight excluding hydrogens is 897 g/mol. The first kappa shape index (κ1) is 57.3. The zero-order chi connectivity index (χ0) is 52.1. The Balaban J connectivity index is 1.68. The van der Waals surface area contributed by atoms with Crippen molar-refractivity contribution in [2.45, 2.75) is 80.1 Å². The minimum Gasteiger partial charge on any atom is -0.465 e. The number of nitriles is 6. The summed E-state index contributed by atoms with van der Waals surface area (Å²) in [6.45, 7) is 16.4. The standard InChI is InChI=1S/C51H66N10O9/c1-49(2)22-37(34(28-52)29-53)43(46(62)65-7)40(25-49)58-10-16-68-19-13-61(14-20-69-17-11-59-41-26-50(3,4)23-38(35(30-54)31-55)44(41)47(63)66-8)15-21-70-18-12-60-42-27-51(5,6)24-39(36(32-56)33-57)45(42)48(64)67-9/h58-60H,10-27H2,1-9H3. The number of methoxy groups -OCH3 is 3. The third kappa shape index (κ3) is 16.3. The molecule has 0 saturated carbocycles. The first-order valence-electron chi connectivity index (χ1n) is 23.0. The maximum absolute atomic E-state index is 12.9. The average Bonchev–Trinajstić information content (AvgIpc) is 3.31. The Kier molecular flexibility index (Phi) is 22.3. The van der Waals surface area contributed by atoms with Crippen molar-refractivity contribution in [3.05, 3.63) is 67.2 Å². The quantitative estimate of drug-likeness (QED) is 0.0503. The molecule has 0 unspecified atom stereocenters. The molecule has 0 aromatic carbocycles. The largest absolute Gasteiger partial charge is 0.465 e. The van der Waals surface area contributed by atoms with Crippen LogP contribution in [0.4, 0.5) is 0 Å². The molecule has 3 rings (SSSR count). The second-order valence-electron chi connectivity index (χ2n) is 19.3. The Bertz CT molecular complexity index is 2120. The lowest BCUT2D eigenvalue weighted by Crippen LogP contribution is -2.36. The van der Waals surface area contributed by atoms with Gasteiger partial charge in [0.2, 0.25) is 0 Å². The van der Waals surface area contributed by atoms with E-state index in [1.807, 2.05) is 78.0 Å². The number of hydrogen-bond donors (Lipinski definition) is 3. The van der Waals surface area contributed by atoms with E-state index in [1.54, 1.807) is 0 Å². The summed E-state index contributed by atoms with van der Waals surface area (Å²) in [5.41, 5.74) is 2.03. The average molecular weight is 963 g/mol. The molecule has 19 nitrogen and oxygen atoms in total. The van der Waals surface area contributed by atoms with Crippen molar-refractivity contribution in [2.75, 3.05) is 100 Å². The molecular formula is C51H66N10O9. The van der Waals surface area contributed by atoms with E-state index in [2.05, 4.69) is 20.9 Å². The number of ether oxygens (including phenoxy) is 6. The van der Waals surface area contributed by atoms with Crippen LogP contribution in [0, 0.1) is 84.2 Å². The fraction of sp³-hybridized carbons (Fsp3) is 0.588. The fourth-order valence-corrected chi connectivity index (χ4v) is 8.80. The fourth-order valence-electron chi connectivity index (χ4n) is 8.80. The molecule has 70 heavy (non-hydrogen) atoms. The Morgan fingerprint density at radius 2 is 0.686 bits per heavy atom. The van der Waals surface area contributed by atoms with Crippen molar-refractivity contribution in [2.24, 2.45) is 16.2 Å². The zero-order valence-electron chi connectivity index (χ0n) is 42.0. The zero-order valence-corrected chi connectivity index (χ0v) is 42.0. The molecule has 3 N–H and O–H groups in total. The van der Waals surface area contributed by atoms with Gasteiger partial charge in [-0.1, -0.05) is 41.5 Å². The van der Waals surface area contributed by atoms with E-state index in [0.717, 1.165) is 0 Å². The van der Waals surface area contributed by atoms with Gasteiger partial charge in [-0.05, 0) is 71.5 Å². The van der Waals surface area contributed by atoms with Crippen molar-refractivity contribution in [1.82, 2.24) is 20.9 Å². The molecule has 0 amide bonds. The molecule has 0 bridgehead atoms. The van der Waals surface area contributed by atoms with Crippen LogP contribution in [-0.2, 0) is 42.8 Å². The van der Waals surface area contributed by atoms with E-state index in [-0.39, 0.29) is 69.5 Å². The second kappa shape index (κ2) is 27.3. The van der Waals surface area contributed by atoms with Crippen molar-refractivity contribution in [3.63, 3.8) is 0 Å². The number of rotatable bonds is 24. The molecule has 0 aromatic rings. The van der Waals surface area contributed by atoms with Gasteiger partial charge in [-0.25, -0.2) is 14.4 Å². The summed E-state index contributed by atoms with van der Waals surface area (Å²) in [7, 11) is 3.77. The van der Waals surface area contributed by atoms with Gasteiger partial charge in [0.15, 0.2) is 0 Å². The minimum atomic E-state index is -0.627. The summed E-state index contributed by atoms with van der Waals surface area (Å²) in [4.78, 5) is 40.9. The van der Waals surface area contributed by atoms with Crippen LogP contribution in [0.25, 0.3) is 0 Å². The summed E-state index contributed by atoms with van der Waals surface area (Å²) < 4.78 is 33.2. The number of nitrogens with zero attached hydrogens (tertiary/aromatic N) is 7. The number of nitrogens with one attached hydrogen (secondary N) is 3. The first-order chi connectivity index (χ1) is 33.3. The van der Waals surface area contributed by atoms with Gasteiger partial charge in [0.05, 0.1) is 77.7 Å². The lowest BCUT2D eigenvalue weighted by Gasteiger charge is -2.34. The normalized spacial score (nSPS) is 16.9. The van der Waals surface area contributed by atoms with E-state index < -0.39 is 17.9 Å². The van der Waals surface area contributed by atoms with Gasteiger partial charge >= 0.3 is 17.9 Å². The van der Waals surface area contributed by atoms with Crippen LogP contribution in [0.1, 0.15) is 80.1 Å². The highest BCUT2D eigenvalue weighted by Gasteiger charge is 2.38. The van der Waals surface area contributed by atoms with Crippen LogP contribution >= 0.6 is 0 Å². The number of allylic oxidation sites excluding steroid dienone is 6. The van der Waals surface area contributed by atoms with Crippen LogP contribution in [0.5, 0.6) is 0 Å².